The summed E-state index contributed by atoms with van der Waals surface area (Å²) in [6.07, 6.45) is 5.36. The molecule has 0 spiro atoms. The van der Waals surface area contributed by atoms with Gasteiger partial charge in [-0.3, -0.25) is 5.10 Å². The summed E-state index contributed by atoms with van der Waals surface area (Å²) < 4.78 is 0. The van der Waals surface area contributed by atoms with E-state index in [1.807, 2.05) is 30.3 Å². The van der Waals surface area contributed by atoms with Crippen LogP contribution in [0.2, 0.25) is 5.02 Å². The van der Waals surface area contributed by atoms with Gasteiger partial charge in [0.05, 0.1) is 11.9 Å². The van der Waals surface area contributed by atoms with Crippen LogP contribution in [0.4, 0.5) is 0 Å². The molecule has 90 valence electrons. The topological polar surface area (TPSA) is 77.4 Å². The summed E-state index contributed by atoms with van der Waals surface area (Å²) >= 11 is 5.84. The molecule has 0 amide bonds. The largest absolute Gasteiger partial charge is 0.277 e. The van der Waals surface area contributed by atoms with Gasteiger partial charge in [0.15, 0.2) is 0 Å². The van der Waals surface area contributed by atoms with Crippen LogP contribution in [-0.2, 0) is 0 Å². The smallest absolute Gasteiger partial charge is 0.0722 e. The molecule has 1 heterocycles. The predicted octanol–water partition coefficient (Wildman–Crippen LogP) is 4.05. The van der Waals surface area contributed by atoms with E-state index in [0.29, 0.717) is 11.6 Å². The number of aromatic nitrogens is 2. The first-order chi connectivity index (χ1) is 8.81. The van der Waals surface area contributed by atoms with Gasteiger partial charge in [0.1, 0.15) is 0 Å². The number of H-pyrrole nitrogens is 1. The molecule has 0 aliphatic carbocycles. The molecule has 0 fully saturated rings. The van der Waals surface area contributed by atoms with Gasteiger partial charge >= 0.3 is 0 Å². The maximum absolute atomic E-state index is 8.18. The highest BCUT2D eigenvalue weighted by atomic mass is 35.5. The van der Waals surface area contributed by atoms with Crippen molar-refractivity contribution in [2.45, 2.75) is 0 Å². The second-order valence-electron chi connectivity index (χ2n) is 3.52. The molecule has 0 aliphatic heterocycles. The number of halogens is 1. The Labute approximate surface area is 109 Å². The van der Waals surface area contributed by atoms with Crippen LogP contribution in [0.1, 0.15) is 5.56 Å². The molecular formula is C12H10ClN5. The highest BCUT2D eigenvalue weighted by Gasteiger charge is 2.04. The van der Waals surface area contributed by atoms with Gasteiger partial charge in [-0.25, -0.2) is 0 Å². The third kappa shape index (κ3) is 2.91. The lowest BCUT2D eigenvalue weighted by Crippen LogP contribution is -1.81. The number of nitrogens with one attached hydrogen (secondary N) is 1. The van der Waals surface area contributed by atoms with Crippen molar-refractivity contribution in [1.82, 2.24) is 10.2 Å². The van der Waals surface area contributed by atoms with Crippen LogP contribution in [0, 0.1) is 0 Å². The average molecular weight is 260 g/mol. The summed E-state index contributed by atoms with van der Waals surface area (Å²) in [6.45, 7) is 0.321. The van der Waals surface area contributed by atoms with Crippen LogP contribution >= 0.6 is 11.6 Å². The van der Waals surface area contributed by atoms with Crippen LogP contribution in [-0.4, -0.2) is 16.7 Å². The maximum Gasteiger partial charge on any atom is 0.0722 e. The van der Waals surface area contributed by atoms with E-state index in [4.69, 9.17) is 17.1 Å². The fourth-order valence-corrected chi connectivity index (χ4v) is 1.66. The summed E-state index contributed by atoms with van der Waals surface area (Å²) in [7, 11) is 0. The second kappa shape index (κ2) is 5.91. The Morgan fingerprint density at radius 1 is 1.39 bits per heavy atom. The van der Waals surface area contributed by atoms with Crippen molar-refractivity contribution < 1.29 is 0 Å². The van der Waals surface area contributed by atoms with Gasteiger partial charge in [0.2, 0.25) is 0 Å². The lowest BCUT2D eigenvalue weighted by atomic mass is 10.1. The maximum atomic E-state index is 8.18. The zero-order valence-corrected chi connectivity index (χ0v) is 10.2. The Kier molecular flexibility index (Phi) is 4.02. The van der Waals surface area contributed by atoms with Crippen molar-refractivity contribution in [2.75, 3.05) is 6.54 Å². The molecule has 1 aromatic carbocycles. The summed E-state index contributed by atoms with van der Waals surface area (Å²) in [5.41, 5.74) is 11.0. The Hall–Kier alpha value is -2.23. The highest BCUT2D eigenvalue weighted by molar-refractivity contribution is 6.30. The molecule has 1 N–H and O–H groups in total. The van der Waals surface area contributed by atoms with Crippen molar-refractivity contribution in [1.29, 1.82) is 0 Å². The molecule has 0 saturated heterocycles. The first-order valence-corrected chi connectivity index (χ1v) is 5.66. The van der Waals surface area contributed by atoms with Gasteiger partial charge in [0.25, 0.3) is 0 Å². The van der Waals surface area contributed by atoms with Crippen LogP contribution < -0.4 is 0 Å². The molecule has 6 heteroatoms. The number of nitrogens with zero attached hydrogens (tertiary/aromatic N) is 4. The first kappa shape index (κ1) is 12.2. The zero-order chi connectivity index (χ0) is 12.8. The molecule has 2 aromatic rings. The number of aromatic amines is 1. The van der Waals surface area contributed by atoms with Gasteiger partial charge in [-0.2, -0.15) is 5.10 Å². The Morgan fingerprint density at radius 3 is 2.89 bits per heavy atom. The fourth-order valence-electron chi connectivity index (χ4n) is 1.53. The van der Waals surface area contributed by atoms with Gasteiger partial charge < -0.3 is 0 Å². The molecule has 5 nitrogen and oxygen atoms in total. The number of hydrogen-bond donors (Lipinski definition) is 1. The van der Waals surface area contributed by atoms with E-state index in [0.717, 1.165) is 16.8 Å². The first-order valence-electron chi connectivity index (χ1n) is 5.28. The van der Waals surface area contributed by atoms with E-state index >= 15 is 0 Å². The Bertz CT molecular complexity index is 593. The van der Waals surface area contributed by atoms with Crippen LogP contribution in [0.5, 0.6) is 0 Å². The monoisotopic (exact) mass is 259 g/mol. The fraction of sp³-hybridized carbons (Fsp3) is 0.0833. The summed E-state index contributed by atoms with van der Waals surface area (Å²) in [5, 5.41) is 11.1. The summed E-state index contributed by atoms with van der Waals surface area (Å²) in [4.78, 5) is 2.68. The van der Waals surface area contributed by atoms with Crippen molar-refractivity contribution in [3.05, 3.63) is 57.6 Å². The zero-order valence-electron chi connectivity index (χ0n) is 9.42. The number of rotatable bonds is 4. The highest BCUT2D eigenvalue weighted by Crippen LogP contribution is 2.23. The molecule has 18 heavy (non-hydrogen) atoms. The number of benzene rings is 1. The minimum atomic E-state index is 0.321. The molecule has 0 bridgehead atoms. The lowest BCUT2D eigenvalue weighted by molar-refractivity contribution is 1.10. The van der Waals surface area contributed by atoms with E-state index in [-0.39, 0.29) is 0 Å². The van der Waals surface area contributed by atoms with E-state index in [9.17, 15) is 0 Å². The van der Waals surface area contributed by atoms with Crippen LogP contribution in [0.3, 0.4) is 0 Å². The minimum Gasteiger partial charge on any atom is -0.277 e. The standard InChI is InChI=1S/C12H10ClN5/c13-11-5-3-9(4-6-11)12-10(8-16-17-12)2-1-7-15-18-14/h1-6,8H,7H2,(H,16,17). The number of hydrogen-bond acceptors (Lipinski definition) is 2. The molecule has 1 aromatic heterocycles. The van der Waals surface area contributed by atoms with E-state index < -0.39 is 0 Å². The van der Waals surface area contributed by atoms with E-state index in [1.165, 1.54) is 0 Å². The van der Waals surface area contributed by atoms with E-state index in [2.05, 4.69) is 20.2 Å². The normalized spacial score (nSPS) is 10.5. The van der Waals surface area contributed by atoms with Crippen molar-refractivity contribution in [3.8, 4) is 11.3 Å². The molecule has 0 saturated carbocycles. The molecule has 0 atom stereocenters. The summed E-state index contributed by atoms with van der Waals surface area (Å²) in [6, 6.07) is 7.48. The molecule has 2 rings (SSSR count). The quantitative estimate of drug-likeness (QED) is 0.502. The average Bonchev–Trinajstić information content (AvgIpc) is 2.84. The molecule has 0 aliphatic rings. The van der Waals surface area contributed by atoms with Gasteiger partial charge in [0, 0.05) is 27.6 Å². The molecule has 0 unspecified atom stereocenters. The van der Waals surface area contributed by atoms with Crippen LogP contribution in [0.15, 0.2) is 41.7 Å². The molecule has 0 radical (unpaired) electrons. The third-order valence-electron chi connectivity index (χ3n) is 2.35. The predicted molar refractivity (Wildman–Crippen MR) is 72.1 cm³/mol. The third-order valence-corrected chi connectivity index (χ3v) is 2.60. The Morgan fingerprint density at radius 2 is 2.17 bits per heavy atom. The van der Waals surface area contributed by atoms with Gasteiger partial charge in [-0.05, 0) is 17.7 Å². The van der Waals surface area contributed by atoms with Crippen molar-refractivity contribution in [3.63, 3.8) is 0 Å². The van der Waals surface area contributed by atoms with Crippen molar-refractivity contribution >= 4 is 17.7 Å². The van der Waals surface area contributed by atoms with Gasteiger partial charge in [-0.1, -0.05) is 41.0 Å². The summed E-state index contributed by atoms with van der Waals surface area (Å²) in [5.74, 6) is 0. The molecular weight excluding hydrogens is 250 g/mol. The van der Waals surface area contributed by atoms with Crippen molar-refractivity contribution in [2.24, 2.45) is 5.11 Å². The van der Waals surface area contributed by atoms with Crippen LogP contribution in [0.25, 0.3) is 27.8 Å². The second-order valence-corrected chi connectivity index (χ2v) is 3.96. The lowest BCUT2D eigenvalue weighted by Gasteiger charge is -1.99. The number of azide groups is 1. The van der Waals surface area contributed by atoms with E-state index in [1.54, 1.807) is 12.3 Å². The SMILES string of the molecule is [N-]=[N+]=NCC=Cc1cn[nH]c1-c1ccc(Cl)cc1. The minimum absolute atomic E-state index is 0.321. The Balaban J connectivity index is 2.24. The van der Waals surface area contributed by atoms with Gasteiger partial charge in [-0.15, -0.1) is 0 Å².